The van der Waals surface area contributed by atoms with Crippen LogP contribution in [-0.2, 0) is 11.2 Å². The molecule has 1 aromatic rings. The van der Waals surface area contributed by atoms with E-state index in [1.165, 1.54) is 5.56 Å². The van der Waals surface area contributed by atoms with Gasteiger partial charge < -0.3 is 10.6 Å². The molecule has 0 radical (unpaired) electrons. The molecule has 1 aliphatic rings. The van der Waals surface area contributed by atoms with Gasteiger partial charge in [0, 0.05) is 12.6 Å². The number of rotatable bonds is 3. The van der Waals surface area contributed by atoms with Gasteiger partial charge in [0.15, 0.2) is 0 Å². The predicted octanol–water partition coefficient (Wildman–Crippen LogP) is 1.65. The fourth-order valence-corrected chi connectivity index (χ4v) is 2.42. The van der Waals surface area contributed by atoms with Gasteiger partial charge in [-0.2, -0.15) is 0 Å². The minimum absolute atomic E-state index is 0.129. The molecule has 1 saturated heterocycles. The second-order valence-electron chi connectivity index (χ2n) is 5.25. The van der Waals surface area contributed by atoms with Crippen molar-refractivity contribution >= 4 is 5.91 Å². The highest BCUT2D eigenvalue weighted by Crippen LogP contribution is 2.12. The van der Waals surface area contributed by atoms with Crippen LogP contribution in [0.4, 0.5) is 0 Å². The Balaban J connectivity index is 1.90. The van der Waals surface area contributed by atoms with E-state index in [0.717, 1.165) is 25.1 Å². The van der Waals surface area contributed by atoms with Gasteiger partial charge in [-0.25, -0.2) is 0 Å². The molecule has 1 aromatic carbocycles. The average molecular weight is 246 g/mol. The molecule has 1 heterocycles. The van der Waals surface area contributed by atoms with Gasteiger partial charge in [-0.05, 0) is 36.9 Å². The maximum atomic E-state index is 12.0. The fourth-order valence-electron chi connectivity index (χ4n) is 2.42. The Labute approximate surface area is 109 Å². The normalized spacial score (nSPS) is 23.7. The fraction of sp³-hybridized carbons (Fsp3) is 0.533. The third-order valence-electron chi connectivity index (χ3n) is 3.79. The first-order valence-electron chi connectivity index (χ1n) is 6.71. The van der Waals surface area contributed by atoms with Crippen molar-refractivity contribution in [1.29, 1.82) is 0 Å². The van der Waals surface area contributed by atoms with Crippen molar-refractivity contribution in [2.75, 3.05) is 13.1 Å². The first kappa shape index (κ1) is 13.1. The molecule has 0 bridgehead atoms. The van der Waals surface area contributed by atoms with E-state index in [9.17, 15) is 4.79 Å². The van der Waals surface area contributed by atoms with Gasteiger partial charge in [-0.3, -0.25) is 4.79 Å². The molecule has 0 aliphatic carbocycles. The summed E-state index contributed by atoms with van der Waals surface area (Å²) in [6.07, 6.45) is 1.62. The van der Waals surface area contributed by atoms with Crippen LogP contribution in [0.15, 0.2) is 24.3 Å². The van der Waals surface area contributed by atoms with Crippen molar-refractivity contribution in [3.8, 4) is 0 Å². The molecule has 1 amide bonds. The predicted molar refractivity (Wildman–Crippen MR) is 73.5 cm³/mol. The van der Waals surface area contributed by atoms with Crippen LogP contribution in [-0.4, -0.2) is 25.0 Å². The van der Waals surface area contributed by atoms with Crippen molar-refractivity contribution < 1.29 is 4.79 Å². The van der Waals surface area contributed by atoms with E-state index in [2.05, 4.69) is 17.6 Å². The summed E-state index contributed by atoms with van der Waals surface area (Å²) in [6.45, 7) is 6.21. The summed E-state index contributed by atoms with van der Waals surface area (Å²) in [5, 5.41) is 6.47. The zero-order chi connectivity index (χ0) is 13.0. The summed E-state index contributed by atoms with van der Waals surface area (Å²) in [5.41, 5.74) is 2.30. The Morgan fingerprint density at radius 3 is 2.94 bits per heavy atom. The molecule has 18 heavy (non-hydrogen) atoms. The topological polar surface area (TPSA) is 41.1 Å². The monoisotopic (exact) mass is 246 g/mol. The smallest absolute Gasteiger partial charge is 0.224 e. The maximum absolute atomic E-state index is 12.0. The number of aryl methyl sites for hydroxylation is 1. The maximum Gasteiger partial charge on any atom is 0.224 e. The van der Waals surface area contributed by atoms with E-state index < -0.39 is 0 Å². The van der Waals surface area contributed by atoms with Crippen LogP contribution in [0.2, 0.25) is 0 Å². The quantitative estimate of drug-likeness (QED) is 0.851. The molecular formula is C15H22N2O. The van der Waals surface area contributed by atoms with Gasteiger partial charge in [-0.15, -0.1) is 0 Å². The van der Waals surface area contributed by atoms with Gasteiger partial charge in [0.2, 0.25) is 5.91 Å². The van der Waals surface area contributed by atoms with Gasteiger partial charge in [0.05, 0.1) is 6.42 Å². The lowest BCUT2D eigenvalue weighted by Crippen LogP contribution is -2.50. The Bertz CT molecular complexity index is 417. The van der Waals surface area contributed by atoms with Crippen molar-refractivity contribution in [3.05, 3.63) is 35.4 Å². The molecule has 2 atom stereocenters. The summed E-state index contributed by atoms with van der Waals surface area (Å²) >= 11 is 0. The van der Waals surface area contributed by atoms with Crippen molar-refractivity contribution in [2.24, 2.45) is 5.92 Å². The molecule has 0 aromatic heterocycles. The lowest BCUT2D eigenvalue weighted by molar-refractivity contribution is -0.121. The van der Waals surface area contributed by atoms with E-state index >= 15 is 0 Å². The van der Waals surface area contributed by atoms with Gasteiger partial charge in [-0.1, -0.05) is 31.2 Å². The number of benzene rings is 1. The van der Waals surface area contributed by atoms with Crippen molar-refractivity contribution in [3.63, 3.8) is 0 Å². The Kier molecular flexibility index (Phi) is 4.37. The minimum atomic E-state index is 0.129. The number of nitrogens with one attached hydrogen (secondary N) is 2. The zero-order valence-electron chi connectivity index (χ0n) is 11.2. The average Bonchev–Trinajstić information content (AvgIpc) is 2.35. The Morgan fingerprint density at radius 2 is 2.22 bits per heavy atom. The van der Waals surface area contributed by atoms with Gasteiger partial charge in [0.25, 0.3) is 0 Å². The summed E-state index contributed by atoms with van der Waals surface area (Å²) in [6, 6.07) is 8.34. The van der Waals surface area contributed by atoms with Crippen LogP contribution in [0.1, 0.15) is 24.5 Å². The van der Waals surface area contributed by atoms with E-state index in [0.29, 0.717) is 12.3 Å². The van der Waals surface area contributed by atoms with Crippen LogP contribution in [0.5, 0.6) is 0 Å². The van der Waals surface area contributed by atoms with Gasteiger partial charge >= 0.3 is 0 Å². The molecule has 2 rings (SSSR count). The first-order chi connectivity index (χ1) is 8.66. The lowest BCUT2D eigenvalue weighted by Gasteiger charge is -2.30. The number of amides is 1. The van der Waals surface area contributed by atoms with E-state index in [1.807, 2.05) is 31.2 Å². The highest BCUT2D eigenvalue weighted by molar-refractivity contribution is 5.79. The third kappa shape index (κ3) is 3.33. The van der Waals surface area contributed by atoms with Crippen LogP contribution >= 0.6 is 0 Å². The first-order valence-corrected chi connectivity index (χ1v) is 6.71. The molecule has 3 heteroatoms. The van der Waals surface area contributed by atoms with E-state index in [-0.39, 0.29) is 11.9 Å². The number of piperidine rings is 1. The van der Waals surface area contributed by atoms with Crippen LogP contribution in [0.25, 0.3) is 0 Å². The van der Waals surface area contributed by atoms with Crippen LogP contribution in [0.3, 0.4) is 0 Å². The molecule has 0 saturated carbocycles. The minimum Gasteiger partial charge on any atom is -0.352 e. The van der Waals surface area contributed by atoms with E-state index in [1.54, 1.807) is 0 Å². The molecule has 2 N–H and O–H groups in total. The highest BCUT2D eigenvalue weighted by atomic mass is 16.1. The molecule has 98 valence electrons. The number of carbonyl (C=O) groups is 1. The molecule has 0 unspecified atom stereocenters. The second kappa shape index (κ2) is 6.01. The number of hydrogen-bond acceptors (Lipinski definition) is 2. The Morgan fingerprint density at radius 1 is 1.44 bits per heavy atom. The Hall–Kier alpha value is -1.35. The molecular weight excluding hydrogens is 224 g/mol. The largest absolute Gasteiger partial charge is 0.352 e. The third-order valence-corrected chi connectivity index (χ3v) is 3.79. The lowest BCUT2D eigenvalue weighted by atomic mass is 9.94. The molecule has 0 spiro atoms. The molecule has 1 aliphatic heterocycles. The zero-order valence-corrected chi connectivity index (χ0v) is 11.2. The van der Waals surface area contributed by atoms with Crippen molar-refractivity contribution in [2.45, 2.75) is 32.7 Å². The second-order valence-corrected chi connectivity index (χ2v) is 5.25. The summed E-state index contributed by atoms with van der Waals surface area (Å²) in [7, 11) is 0. The summed E-state index contributed by atoms with van der Waals surface area (Å²) in [5.74, 6) is 0.692. The summed E-state index contributed by atoms with van der Waals surface area (Å²) < 4.78 is 0. The van der Waals surface area contributed by atoms with Gasteiger partial charge in [0.1, 0.15) is 0 Å². The SMILES string of the molecule is Cc1ccccc1CC(=O)N[C@@H]1CNCC[C@H]1C. The highest BCUT2D eigenvalue weighted by Gasteiger charge is 2.22. The standard InChI is InChI=1S/C15H22N2O/c1-11-5-3-4-6-13(11)9-15(18)17-14-10-16-8-7-12(14)2/h3-6,12,14,16H,7-10H2,1-2H3,(H,17,18)/t12-,14-/m1/s1. The van der Waals surface area contributed by atoms with E-state index in [4.69, 9.17) is 0 Å². The number of hydrogen-bond donors (Lipinski definition) is 2. The van der Waals surface area contributed by atoms with Crippen LogP contribution in [0, 0.1) is 12.8 Å². The van der Waals surface area contributed by atoms with Crippen molar-refractivity contribution in [1.82, 2.24) is 10.6 Å². The summed E-state index contributed by atoms with van der Waals surface area (Å²) in [4.78, 5) is 12.0. The molecule has 1 fully saturated rings. The molecule has 3 nitrogen and oxygen atoms in total. The number of carbonyl (C=O) groups excluding carboxylic acids is 1. The van der Waals surface area contributed by atoms with Crippen LogP contribution < -0.4 is 10.6 Å².